The Hall–Kier alpha value is -0.960. The highest BCUT2D eigenvalue weighted by atomic mass is 79.9. The molecule has 20 heavy (non-hydrogen) atoms. The van der Waals surface area contributed by atoms with E-state index in [0.29, 0.717) is 28.6 Å². The van der Waals surface area contributed by atoms with Gasteiger partial charge in [0.2, 0.25) is 15.9 Å². The number of carbonyl (C=O) groups excluding carboxylic acids is 1. The van der Waals surface area contributed by atoms with Crippen LogP contribution in [0.1, 0.15) is 18.4 Å². The zero-order valence-corrected chi connectivity index (χ0v) is 12.8. The monoisotopic (exact) mass is 360 g/mol. The molecule has 0 saturated heterocycles. The number of fused-ring (bicyclic) bond motifs is 1. The summed E-state index contributed by atoms with van der Waals surface area (Å²) in [5.74, 6) is -0.142. The van der Waals surface area contributed by atoms with Crippen LogP contribution in [0.25, 0.3) is 0 Å². The molecule has 0 spiro atoms. The molecule has 3 N–H and O–H groups in total. The van der Waals surface area contributed by atoms with Gasteiger partial charge >= 0.3 is 0 Å². The highest BCUT2D eigenvalue weighted by molar-refractivity contribution is 9.10. The van der Waals surface area contributed by atoms with E-state index in [0.717, 1.165) is 0 Å². The number of nitrogens with one attached hydrogen (secondary N) is 2. The van der Waals surface area contributed by atoms with Gasteiger partial charge in [0.25, 0.3) is 0 Å². The molecule has 1 aromatic rings. The Morgan fingerprint density at radius 1 is 1.35 bits per heavy atom. The number of halogens is 1. The van der Waals surface area contributed by atoms with E-state index in [9.17, 15) is 18.3 Å². The zero-order valence-electron chi connectivity index (χ0n) is 10.4. The van der Waals surface area contributed by atoms with Crippen molar-refractivity contribution in [2.45, 2.75) is 36.3 Å². The van der Waals surface area contributed by atoms with Gasteiger partial charge in [-0.05, 0) is 46.5 Å². The topological polar surface area (TPSA) is 95.5 Å². The Morgan fingerprint density at radius 2 is 2.05 bits per heavy atom. The summed E-state index contributed by atoms with van der Waals surface area (Å²) >= 11 is 3.23. The quantitative estimate of drug-likeness (QED) is 0.740. The van der Waals surface area contributed by atoms with E-state index in [-0.39, 0.29) is 23.3 Å². The van der Waals surface area contributed by atoms with Crippen molar-refractivity contribution in [3.63, 3.8) is 0 Å². The van der Waals surface area contributed by atoms with Crippen LogP contribution in [0, 0.1) is 0 Å². The van der Waals surface area contributed by atoms with Crippen molar-refractivity contribution in [2.75, 3.05) is 5.32 Å². The fraction of sp³-hybridized carbons (Fsp3) is 0.417. The second-order valence-electron chi connectivity index (χ2n) is 5.11. The Bertz CT molecular complexity index is 683. The first-order valence-electron chi connectivity index (χ1n) is 6.18. The largest absolute Gasteiger partial charge is 0.393 e. The molecule has 2 aliphatic rings. The summed E-state index contributed by atoms with van der Waals surface area (Å²) in [4.78, 5) is 11.4. The van der Waals surface area contributed by atoms with Gasteiger partial charge in [0.1, 0.15) is 0 Å². The van der Waals surface area contributed by atoms with Crippen molar-refractivity contribution in [3.05, 3.63) is 22.2 Å². The van der Waals surface area contributed by atoms with Gasteiger partial charge in [0.05, 0.1) is 17.4 Å². The number of hydrogen-bond donors (Lipinski definition) is 3. The Kier molecular flexibility index (Phi) is 3.36. The predicted octanol–water partition coefficient (Wildman–Crippen LogP) is 0.745. The standard InChI is InChI=1S/C12H13BrN2O4S/c13-9-5-10-6(2-12(17)14-10)1-11(9)20(18,19)15-7-3-8(16)4-7/h1,5,7-8,15-16H,2-4H2,(H,14,17). The van der Waals surface area contributed by atoms with Crippen molar-refractivity contribution >= 4 is 37.5 Å². The summed E-state index contributed by atoms with van der Waals surface area (Å²) in [6.07, 6.45) is 0.629. The zero-order chi connectivity index (χ0) is 14.5. The number of aliphatic hydroxyl groups is 1. The van der Waals surface area contributed by atoms with Crippen molar-refractivity contribution in [2.24, 2.45) is 0 Å². The van der Waals surface area contributed by atoms with Crippen LogP contribution in [-0.2, 0) is 21.2 Å². The molecule has 1 fully saturated rings. The third-order valence-electron chi connectivity index (χ3n) is 3.51. The molecular weight excluding hydrogens is 348 g/mol. The molecule has 1 aromatic carbocycles. The van der Waals surface area contributed by atoms with Crippen LogP contribution in [0.15, 0.2) is 21.5 Å². The number of sulfonamides is 1. The van der Waals surface area contributed by atoms with Crippen molar-refractivity contribution < 1.29 is 18.3 Å². The average Bonchev–Trinajstić information content (AvgIpc) is 2.64. The minimum Gasteiger partial charge on any atom is -0.393 e. The lowest BCUT2D eigenvalue weighted by Gasteiger charge is -2.31. The first kappa shape index (κ1) is 14.0. The molecule has 1 saturated carbocycles. The van der Waals surface area contributed by atoms with Gasteiger partial charge in [0.15, 0.2) is 0 Å². The van der Waals surface area contributed by atoms with Crippen LogP contribution in [-0.4, -0.2) is 31.6 Å². The number of aliphatic hydroxyl groups excluding tert-OH is 1. The molecule has 3 rings (SSSR count). The number of amides is 1. The molecule has 0 aromatic heterocycles. The van der Waals surface area contributed by atoms with E-state index < -0.39 is 16.1 Å². The van der Waals surface area contributed by atoms with Gasteiger partial charge in [-0.2, -0.15) is 0 Å². The molecular formula is C12H13BrN2O4S. The highest BCUT2D eigenvalue weighted by Crippen LogP contribution is 2.33. The lowest BCUT2D eigenvalue weighted by atomic mass is 9.91. The maximum absolute atomic E-state index is 12.3. The average molecular weight is 361 g/mol. The number of benzene rings is 1. The summed E-state index contributed by atoms with van der Waals surface area (Å²) in [7, 11) is -3.66. The highest BCUT2D eigenvalue weighted by Gasteiger charge is 2.33. The van der Waals surface area contributed by atoms with Crippen LogP contribution in [0.5, 0.6) is 0 Å². The Morgan fingerprint density at radius 3 is 2.70 bits per heavy atom. The summed E-state index contributed by atoms with van der Waals surface area (Å²) < 4.78 is 27.6. The van der Waals surface area contributed by atoms with Gasteiger partial charge in [-0.15, -0.1) is 0 Å². The molecule has 8 heteroatoms. The fourth-order valence-electron chi connectivity index (χ4n) is 2.40. The van der Waals surface area contributed by atoms with E-state index in [1.807, 2.05) is 0 Å². The third kappa shape index (κ3) is 2.48. The number of rotatable bonds is 3. The van der Waals surface area contributed by atoms with E-state index in [1.165, 1.54) is 6.07 Å². The van der Waals surface area contributed by atoms with E-state index in [4.69, 9.17) is 0 Å². The summed E-state index contributed by atoms with van der Waals surface area (Å²) in [6.45, 7) is 0. The molecule has 108 valence electrons. The molecule has 1 aliphatic heterocycles. The molecule has 0 radical (unpaired) electrons. The second-order valence-corrected chi connectivity index (χ2v) is 7.64. The van der Waals surface area contributed by atoms with Gasteiger partial charge in [-0.1, -0.05) is 0 Å². The molecule has 1 amide bonds. The summed E-state index contributed by atoms with van der Waals surface area (Å²) in [6, 6.07) is 2.88. The Labute approximate surface area is 124 Å². The minimum atomic E-state index is -3.66. The van der Waals surface area contributed by atoms with Crippen LogP contribution in [0.4, 0.5) is 5.69 Å². The number of carbonyl (C=O) groups is 1. The Balaban J connectivity index is 1.90. The SMILES string of the molecule is O=C1Cc2cc(S(=O)(=O)NC3CC(O)C3)c(Br)cc2N1. The van der Waals surface area contributed by atoms with Crippen LogP contribution < -0.4 is 10.0 Å². The van der Waals surface area contributed by atoms with Crippen molar-refractivity contribution in [1.82, 2.24) is 4.72 Å². The van der Waals surface area contributed by atoms with Crippen LogP contribution in [0.2, 0.25) is 0 Å². The van der Waals surface area contributed by atoms with Gasteiger partial charge in [0, 0.05) is 16.2 Å². The first-order valence-corrected chi connectivity index (χ1v) is 8.45. The van der Waals surface area contributed by atoms with Crippen molar-refractivity contribution in [3.8, 4) is 0 Å². The summed E-state index contributed by atoms with van der Waals surface area (Å²) in [5.41, 5.74) is 1.31. The van der Waals surface area contributed by atoms with E-state index in [1.54, 1.807) is 6.07 Å². The van der Waals surface area contributed by atoms with E-state index in [2.05, 4.69) is 26.0 Å². The van der Waals surface area contributed by atoms with Crippen LogP contribution in [0.3, 0.4) is 0 Å². The third-order valence-corrected chi connectivity index (χ3v) is 5.99. The minimum absolute atomic E-state index is 0.120. The lowest BCUT2D eigenvalue weighted by Crippen LogP contribution is -2.46. The molecule has 0 atom stereocenters. The summed E-state index contributed by atoms with van der Waals surface area (Å²) in [5, 5.41) is 11.9. The van der Waals surface area contributed by atoms with E-state index >= 15 is 0 Å². The maximum Gasteiger partial charge on any atom is 0.241 e. The molecule has 1 heterocycles. The maximum atomic E-state index is 12.3. The van der Waals surface area contributed by atoms with Gasteiger partial charge < -0.3 is 10.4 Å². The molecule has 6 nitrogen and oxygen atoms in total. The lowest BCUT2D eigenvalue weighted by molar-refractivity contribution is -0.115. The fourth-order valence-corrected chi connectivity index (χ4v) is 4.75. The number of anilines is 1. The second kappa shape index (κ2) is 4.80. The smallest absolute Gasteiger partial charge is 0.241 e. The van der Waals surface area contributed by atoms with Gasteiger partial charge in [-0.3, -0.25) is 4.79 Å². The number of hydrogen-bond acceptors (Lipinski definition) is 4. The normalized spacial score (nSPS) is 25.0. The molecule has 0 bridgehead atoms. The first-order chi connectivity index (χ1) is 9.35. The molecule has 1 aliphatic carbocycles. The molecule has 0 unspecified atom stereocenters. The predicted molar refractivity (Wildman–Crippen MR) is 75.8 cm³/mol. The van der Waals surface area contributed by atoms with Crippen LogP contribution >= 0.6 is 15.9 Å². The van der Waals surface area contributed by atoms with Gasteiger partial charge in [-0.25, -0.2) is 13.1 Å². The van der Waals surface area contributed by atoms with Crippen molar-refractivity contribution in [1.29, 1.82) is 0 Å².